The minimum absolute atomic E-state index is 0.0288. The van der Waals surface area contributed by atoms with Gasteiger partial charge in [0.2, 0.25) is 0 Å². The molecular weight excluding hydrogens is 286 g/mol. The van der Waals surface area contributed by atoms with Gasteiger partial charge in [-0.2, -0.15) is 5.10 Å². The predicted molar refractivity (Wildman–Crippen MR) is 94.4 cm³/mol. The van der Waals surface area contributed by atoms with E-state index >= 15 is 0 Å². The lowest BCUT2D eigenvalue weighted by Crippen LogP contribution is -2.31. The molecule has 4 heteroatoms. The molecule has 1 amide bonds. The van der Waals surface area contributed by atoms with Crippen LogP contribution in [-0.2, 0) is 6.42 Å². The highest BCUT2D eigenvalue weighted by molar-refractivity contribution is 5.97. The third kappa shape index (κ3) is 3.63. The Morgan fingerprint density at radius 1 is 1.17 bits per heavy atom. The fourth-order valence-electron chi connectivity index (χ4n) is 2.68. The Morgan fingerprint density at radius 3 is 2.26 bits per heavy atom. The van der Waals surface area contributed by atoms with Crippen molar-refractivity contribution in [2.45, 2.75) is 59.9 Å². The van der Waals surface area contributed by atoms with Gasteiger partial charge in [0.1, 0.15) is 0 Å². The first-order valence-corrected chi connectivity index (χ1v) is 8.34. The van der Waals surface area contributed by atoms with E-state index in [1.54, 1.807) is 0 Å². The summed E-state index contributed by atoms with van der Waals surface area (Å²) in [5.74, 6) is 0.166. The normalized spacial score (nSPS) is 11.3. The Kier molecular flexibility index (Phi) is 5.24. The van der Waals surface area contributed by atoms with Crippen LogP contribution in [0.5, 0.6) is 0 Å². The van der Waals surface area contributed by atoms with Gasteiger partial charge in [-0.25, -0.2) is 4.68 Å². The molecule has 1 aromatic carbocycles. The second kappa shape index (κ2) is 6.99. The van der Waals surface area contributed by atoms with Gasteiger partial charge in [0.15, 0.2) is 0 Å². The van der Waals surface area contributed by atoms with Crippen molar-refractivity contribution >= 4 is 5.91 Å². The lowest BCUT2D eigenvalue weighted by Gasteiger charge is -2.11. The van der Waals surface area contributed by atoms with Crippen molar-refractivity contribution in [1.82, 2.24) is 15.1 Å². The van der Waals surface area contributed by atoms with E-state index in [1.165, 1.54) is 5.56 Å². The van der Waals surface area contributed by atoms with E-state index in [0.717, 1.165) is 29.1 Å². The van der Waals surface area contributed by atoms with Gasteiger partial charge in [0.25, 0.3) is 5.91 Å². The summed E-state index contributed by atoms with van der Waals surface area (Å²) >= 11 is 0. The zero-order valence-electron chi connectivity index (χ0n) is 15.0. The monoisotopic (exact) mass is 313 g/mol. The third-order valence-electron chi connectivity index (χ3n) is 3.82. The number of nitrogens with one attached hydrogen (secondary N) is 1. The minimum atomic E-state index is -0.0288. The van der Waals surface area contributed by atoms with Crippen LogP contribution < -0.4 is 5.32 Å². The Morgan fingerprint density at radius 2 is 1.78 bits per heavy atom. The van der Waals surface area contributed by atoms with Crippen molar-refractivity contribution < 1.29 is 4.79 Å². The first-order chi connectivity index (χ1) is 10.8. The molecule has 0 atom stereocenters. The molecule has 23 heavy (non-hydrogen) atoms. The molecule has 0 spiro atoms. The van der Waals surface area contributed by atoms with Crippen molar-refractivity contribution in [3.05, 3.63) is 46.8 Å². The van der Waals surface area contributed by atoms with Gasteiger partial charge in [-0.05, 0) is 45.2 Å². The fourth-order valence-corrected chi connectivity index (χ4v) is 2.68. The molecule has 2 aromatic rings. The lowest BCUT2D eigenvalue weighted by molar-refractivity contribution is 0.0941. The SMILES string of the molecule is CCc1c(C(=O)NC(C)C)c(C(C)C)nn1-c1ccc(C)cc1. The van der Waals surface area contributed by atoms with Crippen molar-refractivity contribution in [3.63, 3.8) is 0 Å². The minimum Gasteiger partial charge on any atom is -0.350 e. The van der Waals surface area contributed by atoms with Crippen molar-refractivity contribution in [1.29, 1.82) is 0 Å². The van der Waals surface area contributed by atoms with E-state index in [-0.39, 0.29) is 17.9 Å². The molecule has 1 heterocycles. The van der Waals surface area contributed by atoms with E-state index in [2.05, 4.69) is 57.3 Å². The number of rotatable bonds is 5. The summed E-state index contributed by atoms with van der Waals surface area (Å²) in [6.45, 7) is 12.2. The van der Waals surface area contributed by atoms with E-state index < -0.39 is 0 Å². The van der Waals surface area contributed by atoms with Crippen molar-refractivity contribution in [2.75, 3.05) is 0 Å². The molecule has 0 fully saturated rings. The average Bonchev–Trinajstić information content (AvgIpc) is 2.87. The maximum absolute atomic E-state index is 12.7. The second-order valence-corrected chi connectivity index (χ2v) is 6.59. The molecule has 0 unspecified atom stereocenters. The fraction of sp³-hybridized carbons (Fsp3) is 0.474. The zero-order chi connectivity index (χ0) is 17.1. The second-order valence-electron chi connectivity index (χ2n) is 6.59. The summed E-state index contributed by atoms with van der Waals surface area (Å²) < 4.78 is 1.92. The molecule has 124 valence electrons. The topological polar surface area (TPSA) is 46.9 Å². The summed E-state index contributed by atoms with van der Waals surface area (Å²) in [4.78, 5) is 12.7. The van der Waals surface area contributed by atoms with Gasteiger partial charge in [-0.15, -0.1) is 0 Å². The molecule has 0 aliphatic heterocycles. The van der Waals surface area contributed by atoms with Gasteiger partial charge < -0.3 is 5.32 Å². The third-order valence-corrected chi connectivity index (χ3v) is 3.82. The highest BCUT2D eigenvalue weighted by Crippen LogP contribution is 2.25. The quantitative estimate of drug-likeness (QED) is 0.906. The number of benzene rings is 1. The van der Waals surface area contributed by atoms with Crippen LogP contribution >= 0.6 is 0 Å². The Balaban J connectivity index is 2.60. The van der Waals surface area contributed by atoms with Crippen LogP contribution in [0.1, 0.15) is 67.8 Å². The standard InChI is InChI=1S/C19H27N3O/c1-7-16-17(19(23)20-13(4)5)18(12(2)3)21-22(16)15-10-8-14(6)9-11-15/h8-13H,7H2,1-6H3,(H,20,23). The number of hydrogen-bond donors (Lipinski definition) is 1. The van der Waals surface area contributed by atoms with Crippen LogP contribution in [0.15, 0.2) is 24.3 Å². The molecular formula is C19H27N3O. The van der Waals surface area contributed by atoms with Crippen LogP contribution in [0.3, 0.4) is 0 Å². The maximum atomic E-state index is 12.7. The van der Waals surface area contributed by atoms with Gasteiger partial charge >= 0.3 is 0 Å². The number of carbonyl (C=O) groups is 1. The van der Waals surface area contributed by atoms with Crippen molar-refractivity contribution in [3.8, 4) is 5.69 Å². The number of carbonyl (C=O) groups excluding carboxylic acids is 1. The van der Waals surface area contributed by atoms with E-state index in [0.29, 0.717) is 0 Å². The Hall–Kier alpha value is -2.10. The molecule has 4 nitrogen and oxygen atoms in total. The lowest BCUT2D eigenvalue weighted by atomic mass is 10.0. The average molecular weight is 313 g/mol. The largest absolute Gasteiger partial charge is 0.350 e. The first-order valence-electron chi connectivity index (χ1n) is 8.34. The molecule has 2 rings (SSSR count). The molecule has 0 bridgehead atoms. The van der Waals surface area contributed by atoms with Gasteiger partial charge in [0, 0.05) is 6.04 Å². The highest BCUT2D eigenvalue weighted by Gasteiger charge is 2.25. The highest BCUT2D eigenvalue weighted by atomic mass is 16.1. The smallest absolute Gasteiger partial charge is 0.255 e. The Bertz CT molecular complexity index is 681. The van der Waals surface area contributed by atoms with Crippen LogP contribution in [0.25, 0.3) is 5.69 Å². The van der Waals surface area contributed by atoms with E-state index in [9.17, 15) is 4.79 Å². The van der Waals surface area contributed by atoms with Crippen LogP contribution in [-0.4, -0.2) is 21.7 Å². The molecule has 0 saturated heterocycles. The number of nitrogens with zero attached hydrogens (tertiary/aromatic N) is 2. The van der Waals surface area contributed by atoms with Gasteiger partial charge in [-0.3, -0.25) is 4.79 Å². The number of aryl methyl sites for hydroxylation is 1. The van der Waals surface area contributed by atoms with Crippen LogP contribution in [0.2, 0.25) is 0 Å². The summed E-state index contributed by atoms with van der Waals surface area (Å²) in [5.41, 5.74) is 4.77. The van der Waals surface area contributed by atoms with Crippen molar-refractivity contribution in [2.24, 2.45) is 0 Å². The number of hydrogen-bond acceptors (Lipinski definition) is 2. The molecule has 1 aromatic heterocycles. The number of amides is 1. The van der Waals surface area contributed by atoms with E-state index in [1.807, 2.05) is 18.5 Å². The maximum Gasteiger partial charge on any atom is 0.255 e. The van der Waals surface area contributed by atoms with E-state index in [4.69, 9.17) is 5.10 Å². The summed E-state index contributed by atoms with van der Waals surface area (Å²) in [6, 6.07) is 8.35. The summed E-state index contributed by atoms with van der Waals surface area (Å²) in [5, 5.41) is 7.78. The zero-order valence-corrected chi connectivity index (χ0v) is 15.0. The van der Waals surface area contributed by atoms with Gasteiger partial charge in [-0.1, -0.05) is 38.5 Å². The summed E-state index contributed by atoms with van der Waals surface area (Å²) in [6.07, 6.45) is 0.758. The summed E-state index contributed by atoms with van der Waals surface area (Å²) in [7, 11) is 0. The molecule has 0 radical (unpaired) electrons. The molecule has 0 saturated carbocycles. The van der Waals surface area contributed by atoms with Gasteiger partial charge in [0.05, 0.1) is 22.6 Å². The van der Waals surface area contributed by atoms with Crippen LogP contribution in [0, 0.1) is 6.92 Å². The molecule has 0 aliphatic carbocycles. The first kappa shape index (κ1) is 17.3. The Labute approximate surface area is 138 Å². The number of aromatic nitrogens is 2. The molecule has 0 aliphatic rings. The predicted octanol–water partition coefficient (Wildman–Crippen LogP) is 4.00. The molecule has 1 N–H and O–H groups in total. The van der Waals surface area contributed by atoms with Crippen LogP contribution in [0.4, 0.5) is 0 Å².